The molecule has 2 atom stereocenters. The number of rotatable bonds is 4. The van der Waals surface area contributed by atoms with Gasteiger partial charge >= 0.3 is 0 Å². The highest BCUT2D eigenvalue weighted by Gasteiger charge is 2.56. The normalized spacial score (nSPS) is 18.9. The summed E-state index contributed by atoms with van der Waals surface area (Å²) in [5.74, 6) is 0. The lowest BCUT2D eigenvalue weighted by Crippen LogP contribution is -2.26. The van der Waals surface area contributed by atoms with Crippen molar-refractivity contribution in [1.29, 1.82) is 0 Å². The fourth-order valence-electron chi connectivity index (χ4n) is 16.2. The number of hydrogen-bond donors (Lipinski definition) is 8. The third-order valence-electron chi connectivity index (χ3n) is 19.7. The zero-order chi connectivity index (χ0) is 71.7. The predicted octanol–water partition coefficient (Wildman–Crippen LogP) is 17.3. The molecule has 13 rings (SSSR count). The first kappa shape index (κ1) is 83.3. The summed E-state index contributed by atoms with van der Waals surface area (Å²) in [7, 11) is 8.00. The van der Waals surface area contributed by atoms with Gasteiger partial charge in [-0.2, -0.15) is 0 Å². The van der Waals surface area contributed by atoms with Crippen LogP contribution in [0.2, 0.25) is 0 Å². The van der Waals surface area contributed by atoms with Crippen molar-refractivity contribution >= 4 is 5.57 Å². The molecule has 8 aromatic carbocycles. The summed E-state index contributed by atoms with van der Waals surface area (Å²) in [6.07, 6.45) is 7.15. The Kier molecular flexibility index (Phi) is 32.2. The first-order valence-electron chi connectivity index (χ1n) is 32.8. The van der Waals surface area contributed by atoms with E-state index in [0.29, 0.717) is 0 Å². The number of aliphatic hydroxyl groups is 8. The topological polar surface area (TPSA) is 162 Å². The largest absolute Gasteiger partial charge is 0.400 e. The lowest BCUT2D eigenvalue weighted by atomic mass is 9.72. The third-order valence-corrected chi connectivity index (χ3v) is 19.7. The van der Waals surface area contributed by atoms with Crippen LogP contribution < -0.4 is 0 Å². The molecule has 0 bridgehead atoms. The van der Waals surface area contributed by atoms with Gasteiger partial charge in [-0.15, -0.1) is 0 Å². The number of allylic oxidation sites excluding steroid dienone is 2. The van der Waals surface area contributed by atoms with Crippen molar-refractivity contribution in [2.45, 2.75) is 178 Å². The minimum Gasteiger partial charge on any atom is -0.400 e. The minimum atomic E-state index is -0.00188. The molecular weight excluding hydrogens is 1160 g/mol. The van der Waals surface area contributed by atoms with E-state index >= 15 is 0 Å². The Hall–Kier alpha value is -6.82. The second-order valence-electron chi connectivity index (χ2n) is 28.2. The summed E-state index contributed by atoms with van der Waals surface area (Å²) in [4.78, 5) is 0. The molecule has 0 aliphatic heterocycles. The fraction of sp³-hybridized carbons (Fsp3) is 0.419. The molecule has 0 radical (unpaired) electrons. The highest BCUT2D eigenvalue weighted by atomic mass is 16.2. The standard InChI is InChI=1S/C27H30.C21H24.C18H20.C12H14.8CH4O/c1-25(2)19-27(5,21-14-10-7-11-15-21)23-17-16-22(18-24(23)25)26(3,4)20-12-8-6-9-13-20;1-19(2)13-21(17-11-7-5-9-15(17)19)14-20(3,4)16-10-6-8-12-18(16)21;1-17(2)13-18(3,14-9-5-4-6-10-14)16-12-8-7-11-15(16)17;1-9-8-12(2,3)11-7-5-4-6-10(9)11;8*1-2/h6-18H,19H2,1-5H3;5-12H,13-14H2,1-4H3;4-12H,13H2,1-3H3;4-8H,1-3H3;8*2H,1H3. The van der Waals surface area contributed by atoms with E-state index in [-0.39, 0.29) is 48.7 Å². The summed E-state index contributed by atoms with van der Waals surface area (Å²) in [5, 5.41) is 56.0. The Labute approximate surface area is 568 Å². The van der Waals surface area contributed by atoms with Crippen molar-refractivity contribution in [3.8, 4) is 0 Å². The van der Waals surface area contributed by atoms with Crippen molar-refractivity contribution < 1.29 is 40.9 Å². The summed E-state index contributed by atoms with van der Waals surface area (Å²) >= 11 is 0. The Morgan fingerprint density at radius 3 is 0.947 bits per heavy atom. The molecule has 8 heteroatoms. The number of benzene rings is 8. The van der Waals surface area contributed by atoms with Gasteiger partial charge in [-0.1, -0.05) is 309 Å². The van der Waals surface area contributed by atoms with Crippen LogP contribution in [0.15, 0.2) is 212 Å². The van der Waals surface area contributed by atoms with Gasteiger partial charge < -0.3 is 40.9 Å². The molecule has 512 valence electrons. The van der Waals surface area contributed by atoms with Gasteiger partial charge in [-0.3, -0.25) is 0 Å². The van der Waals surface area contributed by atoms with E-state index in [1.165, 1.54) is 80.5 Å². The second-order valence-corrected chi connectivity index (χ2v) is 28.2. The fourth-order valence-corrected chi connectivity index (χ4v) is 16.2. The van der Waals surface area contributed by atoms with Gasteiger partial charge in [-0.25, -0.2) is 0 Å². The maximum Gasteiger partial charge on any atom is 0.0319 e. The minimum absolute atomic E-state index is 0.00188. The van der Waals surface area contributed by atoms with Gasteiger partial charge in [0.25, 0.3) is 0 Å². The van der Waals surface area contributed by atoms with Crippen molar-refractivity contribution in [2.75, 3.05) is 56.9 Å². The van der Waals surface area contributed by atoms with Crippen LogP contribution in [-0.2, 0) is 48.7 Å². The summed E-state index contributed by atoms with van der Waals surface area (Å²) in [6, 6.07) is 75.9. The Morgan fingerprint density at radius 2 is 0.564 bits per heavy atom. The smallest absolute Gasteiger partial charge is 0.0319 e. The van der Waals surface area contributed by atoms with E-state index in [4.69, 9.17) is 40.9 Å². The highest BCUT2D eigenvalue weighted by Crippen LogP contribution is 2.63. The van der Waals surface area contributed by atoms with Crippen molar-refractivity contribution in [3.63, 3.8) is 0 Å². The Balaban J connectivity index is 0.000000407. The molecule has 0 fully saturated rings. The summed E-state index contributed by atoms with van der Waals surface area (Å²) < 4.78 is 0. The molecule has 0 heterocycles. The molecule has 1 spiro atoms. The van der Waals surface area contributed by atoms with Crippen LogP contribution in [0.4, 0.5) is 0 Å². The van der Waals surface area contributed by atoms with E-state index in [0.717, 1.165) is 63.3 Å². The van der Waals surface area contributed by atoms with Gasteiger partial charge in [0.1, 0.15) is 0 Å². The molecule has 5 aliphatic rings. The molecule has 2 unspecified atom stereocenters. The van der Waals surface area contributed by atoms with Gasteiger partial charge in [0.05, 0.1) is 0 Å². The van der Waals surface area contributed by atoms with Crippen LogP contribution in [0.1, 0.15) is 207 Å². The highest BCUT2D eigenvalue weighted by molar-refractivity contribution is 5.75. The molecule has 0 aromatic heterocycles. The van der Waals surface area contributed by atoms with Gasteiger partial charge in [0.15, 0.2) is 0 Å². The predicted molar refractivity (Wildman–Crippen MR) is 400 cm³/mol. The average molecular weight is 1280 g/mol. The van der Waals surface area contributed by atoms with E-state index < -0.39 is 0 Å². The molecule has 0 amide bonds. The third kappa shape index (κ3) is 17.6. The zero-order valence-electron chi connectivity index (χ0n) is 61.6. The van der Waals surface area contributed by atoms with E-state index in [9.17, 15) is 0 Å². The Morgan fingerprint density at radius 1 is 0.277 bits per heavy atom. The van der Waals surface area contributed by atoms with Gasteiger partial charge in [-0.05, 0) is 138 Å². The number of fused-ring (bicyclic) bond motifs is 7. The second kappa shape index (κ2) is 36.3. The molecule has 5 aliphatic carbocycles. The van der Waals surface area contributed by atoms with E-state index in [1.807, 2.05) is 0 Å². The maximum atomic E-state index is 7.00. The SMILES string of the molecule is CC1(C)CC(C)(c2ccccc2)c2ccc(C(C)(C)c3ccccc3)cc21.CC1(C)CC(C)(c2ccccc2)c2ccccc21.CC1(C)CC2(CC(C)(C)c3ccccc32)c2ccccc21.CC1=CC(C)(C)c2ccccc21.CO.CO.CO.CO.CO.CO.CO.CO. The van der Waals surface area contributed by atoms with Crippen LogP contribution in [0.5, 0.6) is 0 Å². The van der Waals surface area contributed by atoms with Gasteiger partial charge in [0.2, 0.25) is 0 Å². The molecular formula is C86H120O8. The quantitative estimate of drug-likeness (QED) is 0.0864. The lowest BCUT2D eigenvalue weighted by Gasteiger charge is -2.30. The zero-order valence-corrected chi connectivity index (χ0v) is 61.6. The van der Waals surface area contributed by atoms with Crippen LogP contribution in [0, 0.1) is 0 Å². The van der Waals surface area contributed by atoms with Crippen LogP contribution in [-0.4, -0.2) is 97.7 Å². The van der Waals surface area contributed by atoms with Crippen molar-refractivity contribution in [3.05, 3.63) is 290 Å². The average Bonchev–Trinajstić information content (AvgIpc) is 1.54. The van der Waals surface area contributed by atoms with Crippen molar-refractivity contribution in [2.24, 2.45) is 0 Å². The summed E-state index contributed by atoms with van der Waals surface area (Å²) in [5.41, 5.74) is 23.9. The Bertz CT molecular complexity index is 3460. The van der Waals surface area contributed by atoms with E-state index in [1.54, 1.807) is 22.3 Å². The molecule has 8 nitrogen and oxygen atoms in total. The van der Waals surface area contributed by atoms with E-state index in [2.05, 4.69) is 316 Å². The summed E-state index contributed by atoms with van der Waals surface area (Å²) in [6.45, 7) is 35.4. The monoisotopic (exact) mass is 1280 g/mol. The number of hydrogen-bond acceptors (Lipinski definition) is 8. The van der Waals surface area contributed by atoms with Crippen molar-refractivity contribution in [1.82, 2.24) is 0 Å². The van der Waals surface area contributed by atoms with Crippen LogP contribution in [0.25, 0.3) is 5.57 Å². The van der Waals surface area contributed by atoms with Crippen LogP contribution in [0.3, 0.4) is 0 Å². The molecule has 94 heavy (non-hydrogen) atoms. The molecule has 8 aromatic rings. The molecule has 8 N–H and O–H groups in total. The van der Waals surface area contributed by atoms with Gasteiger partial charge in [0, 0.05) is 84.0 Å². The van der Waals surface area contributed by atoms with Crippen LogP contribution >= 0.6 is 0 Å². The maximum absolute atomic E-state index is 7.00. The molecule has 0 saturated carbocycles. The molecule has 0 saturated heterocycles. The lowest BCUT2D eigenvalue weighted by molar-refractivity contribution is 0.349. The first-order chi connectivity index (χ1) is 44.8. The number of aliphatic hydroxyl groups excluding tert-OH is 8. The first-order valence-corrected chi connectivity index (χ1v) is 32.8.